The van der Waals surface area contributed by atoms with Gasteiger partial charge in [0.15, 0.2) is 17.3 Å². The third-order valence-electron chi connectivity index (χ3n) is 5.76. The lowest BCUT2D eigenvalue weighted by Gasteiger charge is -2.09. The third-order valence-corrected chi connectivity index (χ3v) is 6.86. The van der Waals surface area contributed by atoms with Crippen molar-refractivity contribution in [3.05, 3.63) is 76.9 Å². The summed E-state index contributed by atoms with van der Waals surface area (Å²) in [4.78, 5) is 29.4. The predicted molar refractivity (Wildman–Crippen MR) is 134 cm³/mol. The summed E-state index contributed by atoms with van der Waals surface area (Å²) < 4.78 is 54.5. The van der Waals surface area contributed by atoms with Crippen molar-refractivity contribution < 1.29 is 41.4 Å². The summed E-state index contributed by atoms with van der Waals surface area (Å²) in [5.74, 6) is 0.641. The molecule has 1 aliphatic heterocycles. The Kier molecular flexibility index (Phi) is 6.11. The highest BCUT2D eigenvalue weighted by molar-refractivity contribution is 7.21. The average Bonchev–Trinajstić information content (AvgIpc) is 3.73. The summed E-state index contributed by atoms with van der Waals surface area (Å²) in [6, 6.07) is 12.4. The standard InChI is InChI=1S/C26H17F2N3O7S/c27-23(28)15-9-14(16-2-1-7-34-16)20-21(22(24(29)32)39-26(20)30-15)31-25(33)18-6-4-13(38-18)10-35-12-3-5-17-19(8-12)37-11-36-17/h1-9,23H,10-11H2,(H2,29,32)(H,31,33). The first-order valence-electron chi connectivity index (χ1n) is 11.4. The largest absolute Gasteiger partial charge is 0.486 e. The van der Waals surface area contributed by atoms with Gasteiger partial charge in [-0.3, -0.25) is 9.59 Å². The number of nitrogens with two attached hydrogens (primary N) is 1. The lowest BCUT2D eigenvalue weighted by Crippen LogP contribution is -2.16. The van der Waals surface area contributed by atoms with Gasteiger partial charge < -0.3 is 34.1 Å². The Labute approximate surface area is 221 Å². The van der Waals surface area contributed by atoms with E-state index in [-0.39, 0.29) is 51.3 Å². The fourth-order valence-electron chi connectivity index (χ4n) is 4.02. The Hall–Kier alpha value is -4.91. The molecule has 0 atom stereocenters. The summed E-state index contributed by atoms with van der Waals surface area (Å²) in [7, 11) is 0. The molecular weight excluding hydrogens is 536 g/mol. The zero-order valence-corrected chi connectivity index (χ0v) is 20.6. The van der Waals surface area contributed by atoms with Crippen LogP contribution in [0, 0.1) is 0 Å². The quantitative estimate of drug-likeness (QED) is 0.248. The molecule has 5 aromatic rings. The SMILES string of the molecule is NC(=O)c1sc2nc(C(F)F)cc(-c3ccco3)c2c1NC(=O)c1ccc(COc2ccc3c(c2)OCO3)o1. The Morgan fingerprint density at radius 2 is 1.97 bits per heavy atom. The molecule has 6 rings (SSSR count). The molecule has 5 heterocycles. The molecule has 0 fully saturated rings. The number of hydrogen-bond donors (Lipinski definition) is 2. The van der Waals surface area contributed by atoms with Crippen LogP contribution in [0.4, 0.5) is 14.5 Å². The van der Waals surface area contributed by atoms with Crippen LogP contribution >= 0.6 is 11.3 Å². The molecule has 4 aromatic heterocycles. The van der Waals surface area contributed by atoms with Gasteiger partial charge in [-0.25, -0.2) is 13.8 Å². The van der Waals surface area contributed by atoms with Gasteiger partial charge in [0.2, 0.25) is 6.79 Å². The maximum atomic E-state index is 13.6. The number of aromatic nitrogens is 1. The average molecular weight is 553 g/mol. The number of halogens is 2. The number of nitrogens with one attached hydrogen (secondary N) is 1. The second-order valence-corrected chi connectivity index (χ2v) is 9.25. The fourth-order valence-corrected chi connectivity index (χ4v) is 5.04. The monoisotopic (exact) mass is 553 g/mol. The second-order valence-electron chi connectivity index (χ2n) is 8.25. The van der Waals surface area contributed by atoms with Crippen molar-refractivity contribution in [3.8, 4) is 28.6 Å². The van der Waals surface area contributed by atoms with Crippen molar-refractivity contribution in [1.29, 1.82) is 0 Å². The minimum Gasteiger partial charge on any atom is -0.486 e. The Bertz CT molecular complexity index is 1710. The van der Waals surface area contributed by atoms with Crippen LogP contribution in [0.5, 0.6) is 17.2 Å². The highest BCUT2D eigenvalue weighted by Crippen LogP contribution is 2.43. The first-order chi connectivity index (χ1) is 18.9. The first-order valence-corrected chi connectivity index (χ1v) is 12.2. The predicted octanol–water partition coefficient (Wildman–Crippen LogP) is 5.75. The minimum absolute atomic E-state index is 0.0155. The number of anilines is 1. The molecule has 1 aromatic carbocycles. The fraction of sp³-hybridized carbons (Fsp3) is 0.115. The van der Waals surface area contributed by atoms with Crippen molar-refractivity contribution in [3.63, 3.8) is 0 Å². The molecule has 39 heavy (non-hydrogen) atoms. The number of alkyl halides is 2. The van der Waals surface area contributed by atoms with Crippen LogP contribution < -0.4 is 25.3 Å². The number of pyridine rings is 1. The van der Waals surface area contributed by atoms with Gasteiger partial charge in [-0.15, -0.1) is 11.3 Å². The first kappa shape index (κ1) is 24.4. The van der Waals surface area contributed by atoms with Crippen molar-refractivity contribution in [1.82, 2.24) is 4.98 Å². The van der Waals surface area contributed by atoms with Crippen LogP contribution in [0.2, 0.25) is 0 Å². The Balaban J connectivity index is 1.28. The number of nitrogens with zero attached hydrogens (tertiary/aromatic N) is 1. The number of ether oxygens (including phenoxy) is 3. The molecule has 0 saturated carbocycles. The maximum Gasteiger partial charge on any atom is 0.291 e. The second kappa shape index (κ2) is 9.76. The van der Waals surface area contributed by atoms with Gasteiger partial charge in [-0.1, -0.05) is 0 Å². The number of benzene rings is 1. The number of carbonyl (C=O) groups is 2. The third kappa shape index (κ3) is 4.63. The van der Waals surface area contributed by atoms with E-state index in [1.54, 1.807) is 36.4 Å². The summed E-state index contributed by atoms with van der Waals surface area (Å²) >= 11 is 0.786. The van der Waals surface area contributed by atoms with E-state index in [1.807, 2.05) is 0 Å². The van der Waals surface area contributed by atoms with Gasteiger partial charge in [-0.05, 0) is 42.5 Å². The van der Waals surface area contributed by atoms with Crippen LogP contribution in [0.3, 0.4) is 0 Å². The zero-order valence-electron chi connectivity index (χ0n) is 19.7. The number of furan rings is 2. The van der Waals surface area contributed by atoms with Gasteiger partial charge >= 0.3 is 0 Å². The van der Waals surface area contributed by atoms with Crippen LogP contribution in [0.25, 0.3) is 21.5 Å². The zero-order chi connectivity index (χ0) is 27.1. The molecule has 3 N–H and O–H groups in total. The molecule has 2 amide bonds. The highest BCUT2D eigenvalue weighted by atomic mass is 32.1. The maximum absolute atomic E-state index is 13.6. The molecule has 1 aliphatic rings. The van der Waals surface area contributed by atoms with E-state index in [1.165, 1.54) is 12.3 Å². The van der Waals surface area contributed by atoms with E-state index >= 15 is 0 Å². The topological polar surface area (TPSA) is 139 Å². The number of carbonyl (C=O) groups excluding carboxylic acids is 2. The van der Waals surface area contributed by atoms with Crippen LogP contribution in [-0.2, 0) is 6.61 Å². The van der Waals surface area contributed by atoms with Crippen molar-refractivity contribution in [2.75, 3.05) is 12.1 Å². The summed E-state index contributed by atoms with van der Waals surface area (Å²) in [6.07, 6.45) is -1.50. The van der Waals surface area contributed by atoms with Gasteiger partial charge in [0.05, 0.1) is 12.0 Å². The Morgan fingerprint density at radius 1 is 1.13 bits per heavy atom. The minimum atomic E-state index is -2.87. The van der Waals surface area contributed by atoms with E-state index in [2.05, 4.69) is 10.3 Å². The number of hydrogen-bond acceptors (Lipinski definition) is 9. The number of thiophene rings is 1. The van der Waals surface area contributed by atoms with Crippen molar-refractivity contribution >= 4 is 39.1 Å². The summed E-state index contributed by atoms with van der Waals surface area (Å²) in [5.41, 5.74) is 5.28. The lowest BCUT2D eigenvalue weighted by molar-refractivity contribution is 0.0992. The normalized spacial score (nSPS) is 12.3. The van der Waals surface area contributed by atoms with Gasteiger partial charge in [0, 0.05) is 17.0 Å². The molecule has 198 valence electrons. The van der Waals surface area contributed by atoms with E-state index in [0.29, 0.717) is 23.0 Å². The molecule has 0 spiro atoms. The summed E-state index contributed by atoms with van der Waals surface area (Å²) in [5, 5.41) is 2.87. The molecule has 0 radical (unpaired) electrons. The molecular formula is C26H17F2N3O7S. The van der Waals surface area contributed by atoms with E-state index in [0.717, 1.165) is 17.4 Å². The smallest absolute Gasteiger partial charge is 0.291 e. The molecule has 10 nitrogen and oxygen atoms in total. The number of rotatable bonds is 8. The van der Waals surface area contributed by atoms with Crippen LogP contribution in [0.1, 0.15) is 38.1 Å². The Morgan fingerprint density at radius 3 is 2.74 bits per heavy atom. The molecule has 0 saturated heterocycles. The van der Waals surface area contributed by atoms with E-state index < -0.39 is 23.9 Å². The van der Waals surface area contributed by atoms with Crippen molar-refractivity contribution in [2.24, 2.45) is 5.73 Å². The molecule has 13 heteroatoms. The van der Waals surface area contributed by atoms with Crippen LogP contribution in [-0.4, -0.2) is 23.6 Å². The van der Waals surface area contributed by atoms with E-state index in [4.69, 9.17) is 28.8 Å². The van der Waals surface area contributed by atoms with Gasteiger partial charge in [-0.2, -0.15) is 0 Å². The number of amides is 2. The highest BCUT2D eigenvalue weighted by Gasteiger charge is 2.26. The summed E-state index contributed by atoms with van der Waals surface area (Å²) in [6.45, 7) is 0.155. The van der Waals surface area contributed by atoms with Crippen LogP contribution in [0.15, 0.2) is 63.6 Å². The lowest BCUT2D eigenvalue weighted by atomic mass is 10.1. The molecule has 0 bridgehead atoms. The number of primary amides is 1. The van der Waals surface area contributed by atoms with E-state index in [9.17, 15) is 18.4 Å². The molecule has 0 unspecified atom stereocenters. The molecule has 0 aliphatic carbocycles. The van der Waals surface area contributed by atoms with Gasteiger partial charge in [0.1, 0.15) is 39.3 Å². The number of fused-ring (bicyclic) bond motifs is 2. The van der Waals surface area contributed by atoms with Crippen molar-refractivity contribution in [2.45, 2.75) is 13.0 Å². The van der Waals surface area contributed by atoms with Gasteiger partial charge in [0.25, 0.3) is 18.2 Å².